The minimum atomic E-state index is -3.59. The number of rotatable bonds is 8. The summed E-state index contributed by atoms with van der Waals surface area (Å²) in [4.78, 5) is 18.1. The second kappa shape index (κ2) is 9.46. The molecule has 1 aliphatic rings. The first-order valence-corrected chi connectivity index (χ1v) is 13.0. The van der Waals surface area contributed by atoms with Crippen molar-refractivity contribution in [1.29, 1.82) is 0 Å². The molecule has 0 bridgehead atoms. The molecule has 0 spiro atoms. The number of nitrogens with zero attached hydrogens (tertiary/aromatic N) is 3. The van der Waals surface area contributed by atoms with Gasteiger partial charge in [0.15, 0.2) is 0 Å². The second-order valence-corrected chi connectivity index (χ2v) is 11.1. The van der Waals surface area contributed by atoms with Crippen LogP contribution in [0.25, 0.3) is 11.0 Å². The number of ether oxygens (including phenoxy) is 1. The normalized spacial score (nSPS) is 15.8. The van der Waals surface area contributed by atoms with Crippen LogP contribution in [0.3, 0.4) is 0 Å². The number of benzene rings is 2. The highest BCUT2D eigenvalue weighted by atomic mass is 32.2. The lowest BCUT2D eigenvalue weighted by Gasteiger charge is -2.27. The first-order chi connectivity index (χ1) is 16.2. The fraction of sp³-hybridized carbons (Fsp3) is 0.440. The molecule has 34 heavy (non-hydrogen) atoms. The number of aromatic nitrogens is 2. The van der Waals surface area contributed by atoms with Gasteiger partial charge in [0.05, 0.1) is 21.3 Å². The molecule has 182 valence electrons. The number of carbonyl (C=O) groups is 1. The number of aryl methyl sites for hydroxylation is 1. The summed E-state index contributed by atoms with van der Waals surface area (Å²) in [5, 5.41) is 0. The molecule has 7 nitrogen and oxygen atoms in total. The molecule has 9 heteroatoms. The van der Waals surface area contributed by atoms with Crippen LogP contribution in [0.5, 0.6) is 0 Å². The van der Waals surface area contributed by atoms with Crippen LogP contribution in [0, 0.1) is 5.82 Å². The molecule has 0 atom stereocenters. The lowest BCUT2D eigenvalue weighted by molar-refractivity contribution is -0.152. The summed E-state index contributed by atoms with van der Waals surface area (Å²) in [6, 6.07) is 11.0. The summed E-state index contributed by atoms with van der Waals surface area (Å²) in [5.74, 6) is -0.103. The summed E-state index contributed by atoms with van der Waals surface area (Å²) in [5.41, 5.74) is 1.33. The number of esters is 1. The summed E-state index contributed by atoms with van der Waals surface area (Å²) in [6.07, 6.45) is 3.97. The topological polar surface area (TPSA) is 81.5 Å². The van der Waals surface area contributed by atoms with E-state index in [-0.39, 0.29) is 23.3 Å². The Hall–Kier alpha value is -2.78. The molecule has 1 aliphatic carbocycles. The molecule has 3 aromatic rings. The summed E-state index contributed by atoms with van der Waals surface area (Å²) in [7, 11) is -0.618. The third-order valence-electron chi connectivity index (χ3n) is 6.60. The molecule has 4 rings (SSSR count). The van der Waals surface area contributed by atoms with Gasteiger partial charge in [-0.1, -0.05) is 31.9 Å². The van der Waals surface area contributed by atoms with Crippen molar-refractivity contribution in [3.8, 4) is 0 Å². The Balaban J connectivity index is 1.63. The summed E-state index contributed by atoms with van der Waals surface area (Å²) in [6.45, 7) is 2.67. The fourth-order valence-corrected chi connectivity index (χ4v) is 5.66. The fourth-order valence-electron chi connectivity index (χ4n) is 4.74. The van der Waals surface area contributed by atoms with Crippen LogP contribution in [0.1, 0.15) is 50.4 Å². The smallest absolute Gasteiger partial charge is 0.317 e. The molecule has 0 aliphatic heterocycles. The first-order valence-electron chi connectivity index (χ1n) is 11.5. The van der Waals surface area contributed by atoms with Crippen LogP contribution in [-0.2, 0) is 38.1 Å². The molecule has 0 radical (unpaired) electrons. The van der Waals surface area contributed by atoms with Crippen LogP contribution < -0.4 is 0 Å². The van der Waals surface area contributed by atoms with E-state index in [1.165, 1.54) is 26.2 Å². The molecular weight excluding hydrogens is 457 g/mol. The van der Waals surface area contributed by atoms with Crippen molar-refractivity contribution in [3.63, 3.8) is 0 Å². The van der Waals surface area contributed by atoms with Crippen molar-refractivity contribution in [2.75, 3.05) is 14.1 Å². The van der Waals surface area contributed by atoms with Gasteiger partial charge in [0, 0.05) is 20.6 Å². The van der Waals surface area contributed by atoms with E-state index in [0.29, 0.717) is 30.7 Å². The van der Waals surface area contributed by atoms with Gasteiger partial charge >= 0.3 is 5.97 Å². The van der Waals surface area contributed by atoms with Gasteiger partial charge in [0.2, 0.25) is 10.0 Å². The monoisotopic (exact) mass is 487 g/mol. The average Bonchev–Trinajstić information content (AvgIpc) is 3.44. The highest BCUT2D eigenvalue weighted by Gasteiger charge is 2.44. The van der Waals surface area contributed by atoms with E-state index in [9.17, 15) is 17.6 Å². The number of hydrogen-bond donors (Lipinski definition) is 0. The Morgan fingerprint density at radius 1 is 1.15 bits per heavy atom. The van der Waals surface area contributed by atoms with Gasteiger partial charge in [-0.25, -0.2) is 22.1 Å². The number of sulfonamides is 1. The molecular formula is C25H30FN3O4S. The van der Waals surface area contributed by atoms with Gasteiger partial charge in [0.25, 0.3) is 0 Å². The first kappa shape index (κ1) is 24.3. The standard InChI is InChI=1S/C25H30FN3O4S/c1-4-15-29-22-12-11-20(34(31,32)28(2)3)16-21(22)27-23(29)17-33-24(30)25(13-5-6-14-25)18-7-9-19(26)10-8-18/h7-12,16H,4-6,13-15,17H2,1-3H3. The lowest BCUT2D eigenvalue weighted by Crippen LogP contribution is -2.34. The predicted molar refractivity (Wildman–Crippen MR) is 127 cm³/mol. The third-order valence-corrected chi connectivity index (χ3v) is 8.41. The molecule has 1 aromatic heterocycles. The van der Waals surface area contributed by atoms with E-state index in [1.54, 1.807) is 30.3 Å². The van der Waals surface area contributed by atoms with Gasteiger partial charge in [-0.05, 0) is 55.2 Å². The maximum Gasteiger partial charge on any atom is 0.317 e. The average molecular weight is 488 g/mol. The Morgan fingerprint density at radius 2 is 1.82 bits per heavy atom. The van der Waals surface area contributed by atoms with Crippen LogP contribution in [0.15, 0.2) is 47.4 Å². The van der Waals surface area contributed by atoms with Crippen molar-refractivity contribution in [3.05, 3.63) is 59.7 Å². The quantitative estimate of drug-likeness (QED) is 0.440. The van der Waals surface area contributed by atoms with Gasteiger partial charge in [0.1, 0.15) is 18.2 Å². The Morgan fingerprint density at radius 3 is 2.44 bits per heavy atom. The van der Waals surface area contributed by atoms with E-state index < -0.39 is 15.4 Å². The Bertz CT molecular complexity index is 1290. The van der Waals surface area contributed by atoms with Gasteiger partial charge in [-0.15, -0.1) is 0 Å². The zero-order valence-electron chi connectivity index (χ0n) is 19.8. The molecule has 2 aromatic carbocycles. The van der Waals surface area contributed by atoms with E-state index in [0.717, 1.165) is 34.6 Å². The predicted octanol–water partition coefficient (Wildman–Crippen LogP) is 4.39. The molecule has 1 heterocycles. The maximum absolute atomic E-state index is 13.5. The van der Waals surface area contributed by atoms with Crippen LogP contribution in [0.2, 0.25) is 0 Å². The van der Waals surface area contributed by atoms with Gasteiger partial charge in [-0.2, -0.15) is 0 Å². The highest BCUT2D eigenvalue weighted by molar-refractivity contribution is 7.89. The molecule has 0 saturated heterocycles. The summed E-state index contributed by atoms with van der Waals surface area (Å²) >= 11 is 0. The molecule has 0 unspecified atom stereocenters. The minimum Gasteiger partial charge on any atom is -0.457 e. The van der Waals surface area contributed by atoms with Crippen LogP contribution in [0.4, 0.5) is 4.39 Å². The van der Waals surface area contributed by atoms with E-state index in [1.807, 2.05) is 11.5 Å². The SMILES string of the molecule is CCCn1c(COC(=O)C2(c3ccc(F)cc3)CCCC2)nc2cc(S(=O)(=O)N(C)C)ccc21. The van der Waals surface area contributed by atoms with Crippen molar-refractivity contribution < 1.29 is 22.3 Å². The van der Waals surface area contributed by atoms with E-state index in [4.69, 9.17) is 4.74 Å². The van der Waals surface area contributed by atoms with E-state index in [2.05, 4.69) is 4.98 Å². The minimum absolute atomic E-state index is 0.0216. The highest BCUT2D eigenvalue weighted by Crippen LogP contribution is 2.42. The number of imidazole rings is 1. The lowest BCUT2D eigenvalue weighted by atomic mass is 9.79. The number of fused-ring (bicyclic) bond motifs is 1. The Kier molecular flexibility index (Phi) is 6.78. The Labute approximate surface area is 199 Å². The van der Waals surface area contributed by atoms with Gasteiger partial charge < -0.3 is 9.30 Å². The summed E-state index contributed by atoms with van der Waals surface area (Å²) < 4.78 is 47.5. The van der Waals surface area contributed by atoms with Gasteiger partial charge in [-0.3, -0.25) is 4.79 Å². The van der Waals surface area contributed by atoms with Crippen molar-refractivity contribution >= 4 is 27.0 Å². The molecule has 1 fully saturated rings. The largest absolute Gasteiger partial charge is 0.457 e. The maximum atomic E-state index is 13.5. The van der Waals surface area contributed by atoms with E-state index >= 15 is 0 Å². The second-order valence-electron chi connectivity index (χ2n) is 8.99. The van der Waals surface area contributed by atoms with Crippen molar-refractivity contribution in [2.24, 2.45) is 0 Å². The third kappa shape index (κ3) is 4.34. The molecule has 1 saturated carbocycles. The number of hydrogen-bond acceptors (Lipinski definition) is 5. The number of halogens is 1. The zero-order valence-corrected chi connectivity index (χ0v) is 20.6. The van der Waals surface area contributed by atoms with Crippen molar-refractivity contribution in [1.82, 2.24) is 13.9 Å². The van der Waals surface area contributed by atoms with Crippen molar-refractivity contribution in [2.45, 2.75) is 62.5 Å². The molecule has 0 N–H and O–H groups in total. The molecule has 0 amide bonds. The number of carbonyl (C=O) groups excluding carboxylic acids is 1. The zero-order chi connectivity index (χ0) is 24.5. The van der Waals surface area contributed by atoms with Crippen LogP contribution in [-0.4, -0.2) is 42.3 Å². The van der Waals surface area contributed by atoms with Crippen LogP contribution >= 0.6 is 0 Å².